The normalized spacial score (nSPS) is 10.2. The van der Waals surface area contributed by atoms with Crippen molar-refractivity contribution < 1.29 is 9.66 Å². The summed E-state index contributed by atoms with van der Waals surface area (Å²) in [5.74, 6) is 0.817. The molecule has 0 amide bonds. The zero-order chi connectivity index (χ0) is 13.8. The van der Waals surface area contributed by atoms with Crippen LogP contribution in [0.15, 0.2) is 41.0 Å². The number of nitro benzene ring substituents is 1. The Labute approximate surface area is 117 Å². The third-order valence-corrected chi connectivity index (χ3v) is 2.78. The Morgan fingerprint density at radius 3 is 2.84 bits per heavy atom. The molecule has 6 nitrogen and oxygen atoms in total. The van der Waals surface area contributed by atoms with E-state index in [1.54, 1.807) is 24.4 Å². The summed E-state index contributed by atoms with van der Waals surface area (Å²) in [5, 5.41) is 10.7. The van der Waals surface area contributed by atoms with Crippen LogP contribution >= 0.6 is 15.9 Å². The van der Waals surface area contributed by atoms with Gasteiger partial charge in [-0.25, -0.2) is 4.98 Å². The second-order valence-electron chi connectivity index (χ2n) is 3.78. The van der Waals surface area contributed by atoms with Gasteiger partial charge in [0.25, 0.3) is 5.69 Å². The van der Waals surface area contributed by atoms with E-state index in [1.165, 1.54) is 12.1 Å². The molecule has 0 fully saturated rings. The fraction of sp³-hybridized carbons (Fsp3) is 0.0833. The number of anilines is 1. The van der Waals surface area contributed by atoms with Crippen LogP contribution in [0.5, 0.6) is 5.75 Å². The van der Waals surface area contributed by atoms with Gasteiger partial charge in [0.2, 0.25) is 0 Å². The van der Waals surface area contributed by atoms with Gasteiger partial charge in [-0.3, -0.25) is 10.1 Å². The number of hydrogen-bond donors (Lipinski definition) is 1. The number of nitrogens with two attached hydrogens (primary N) is 1. The van der Waals surface area contributed by atoms with Crippen molar-refractivity contribution in [1.29, 1.82) is 0 Å². The maximum atomic E-state index is 10.7. The fourth-order valence-electron chi connectivity index (χ4n) is 1.49. The number of non-ortho nitro benzene ring substituents is 1. The van der Waals surface area contributed by atoms with Crippen molar-refractivity contribution in [3.63, 3.8) is 0 Å². The standard InChI is InChI=1S/C12H10BrN3O3/c13-9-4-10(16(17)18)6-11(5-9)19-7-8-1-2-15-12(14)3-8/h1-6H,7H2,(H2,14,15). The summed E-state index contributed by atoms with van der Waals surface area (Å²) in [6.45, 7) is 0.264. The number of halogens is 1. The third kappa shape index (κ3) is 3.65. The smallest absolute Gasteiger partial charge is 0.274 e. The summed E-state index contributed by atoms with van der Waals surface area (Å²) in [4.78, 5) is 14.1. The van der Waals surface area contributed by atoms with Crippen LogP contribution < -0.4 is 10.5 Å². The lowest BCUT2D eigenvalue weighted by Crippen LogP contribution is -1.98. The van der Waals surface area contributed by atoms with E-state index in [4.69, 9.17) is 10.5 Å². The van der Waals surface area contributed by atoms with E-state index >= 15 is 0 Å². The van der Waals surface area contributed by atoms with Crippen LogP contribution in [-0.2, 0) is 6.61 Å². The zero-order valence-electron chi connectivity index (χ0n) is 9.75. The second-order valence-corrected chi connectivity index (χ2v) is 4.70. The first-order valence-electron chi connectivity index (χ1n) is 5.33. The zero-order valence-corrected chi connectivity index (χ0v) is 11.3. The topological polar surface area (TPSA) is 91.3 Å². The lowest BCUT2D eigenvalue weighted by Gasteiger charge is -2.07. The maximum absolute atomic E-state index is 10.7. The summed E-state index contributed by atoms with van der Waals surface area (Å²) in [7, 11) is 0. The van der Waals surface area contributed by atoms with Gasteiger partial charge in [0.15, 0.2) is 0 Å². The van der Waals surface area contributed by atoms with Crippen LogP contribution in [-0.4, -0.2) is 9.91 Å². The average molecular weight is 324 g/mol. The number of rotatable bonds is 4. The number of aromatic nitrogens is 1. The Hall–Kier alpha value is -2.15. The van der Waals surface area contributed by atoms with E-state index in [9.17, 15) is 10.1 Å². The first-order valence-corrected chi connectivity index (χ1v) is 6.12. The van der Waals surface area contributed by atoms with Crippen molar-refractivity contribution in [1.82, 2.24) is 4.98 Å². The number of pyridine rings is 1. The van der Waals surface area contributed by atoms with Gasteiger partial charge in [0.1, 0.15) is 18.2 Å². The van der Waals surface area contributed by atoms with Gasteiger partial charge in [0.05, 0.1) is 11.0 Å². The molecule has 1 heterocycles. The molecule has 7 heteroatoms. The summed E-state index contributed by atoms with van der Waals surface area (Å²) in [5.41, 5.74) is 6.37. The predicted octanol–water partition coefficient (Wildman–Crippen LogP) is 2.91. The van der Waals surface area contributed by atoms with Crippen molar-refractivity contribution in [3.05, 3.63) is 56.7 Å². The van der Waals surface area contributed by atoms with E-state index in [0.29, 0.717) is 16.0 Å². The Bertz CT molecular complexity index is 619. The third-order valence-electron chi connectivity index (χ3n) is 2.32. The lowest BCUT2D eigenvalue weighted by molar-refractivity contribution is -0.385. The SMILES string of the molecule is Nc1cc(COc2cc(Br)cc([N+](=O)[O-])c2)ccn1. The Kier molecular flexibility index (Phi) is 3.96. The molecule has 1 aromatic heterocycles. The summed E-state index contributed by atoms with van der Waals surface area (Å²) in [6.07, 6.45) is 1.58. The van der Waals surface area contributed by atoms with Crippen molar-refractivity contribution >= 4 is 27.4 Å². The van der Waals surface area contributed by atoms with Gasteiger partial charge in [-0.05, 0) is 23.8 Å². The molecule has 0 aliphatic heterocycles. The van der Waals surface area contributed by atoms with Crippen molar-refractivity contribution in [2.45, 2.75) is 6.61 Å². The highest BCUT2D eigenvalue weighted by Gasteiger charge is 2.09. The Morgan fingerprint density at radius 2 is 2.16 bits per heavy atom. The summed E-state index contributed by atoms with van der Waals surface area (Å²) >= 11 is 3.20. The van der Waals surface area contributed by atoms with E-state index in [0.717, 1.165) is 5.56 Å². The molecule has 0 aliphatic carbocycles. The molecule has 0 unspecified atom stereocenters. The van der Waals surface area contributed by atoms with Gasteiger partial charge in [-0.2, -0.15) is 0 Å². The number of hydrogen-bond acceptors (Lipinski definition) is 5. The van der Waals surface area contributed by atoms with Gasteiger partial charge in [0, 0.05) is 16.7 Å². The number of nitrogens with zero attached hydrogens (tertiary/aromatic N) is 2. The maximum Gasteiger partial charge on any atom is 0.274 e. The van der Waals surface area contributed by atoms with Gasteiger partial charge in [-0.1, -0.05) is 15.9 Å². The Balaban J connectivity index is 2.13. The summed E-state index contributed by atoms with van der Waals surface area (Å²) < 4.78 is 6.09. The van der Waals surface area contributed by atoms with E-state index in [1.807, 2.05) is 0 Å². The number of benzene rings is 1. The van der Waals surface area contributed by atoms with Crippen LogP contribution in [0.4, 0.5) is 11.5 Å². The number of nitro groups is 1. The molecule has 0 spiro atoms. The first kappa shape index (κ1) is 13.3. The molecule has 0 radical (unpaired) electrons. The largest absolute Gasteiger partial charge is 0.489 e. The van der Waals surface area contributed by atoms with Gasteiger partial charge in [-0.15, -0.1) is 0 Å². The molecule has 2 aromatic rings. The van der Waals surface area contributed by atoms with Crippen LogP contribution in [0.1, 0.15) is 5.56 Å². The minimum Gasteiger partial charge on any atom is -0.489 e. The molecule has 1 aromatic carbocycles. The molecule has 0 saturated heterocycles. The predicted molar refractivity (Wildman–Crippen MR) is 73.8 cm³/mol. The van der Waals surface area contributed by atoms with Crippen molar-refractivity contribution in [2.24, 2.45) is 0 Å². The molecular formula is C12H10BrN3O3. The molecule has 19 heavy (non-hydrogen) atoms. The van der Waals surface area contributed by atoms with Crippen molar-refractivity contribution in [3.8, 4) is 5.75 Å². The molecule has 98 valence electrons. The minimum absolute atomic E-state index is 0.0291. The van der Waals surface area contributed by atoms with Crippen LogP contribution in [0.25, 0.3) is 0 Å². The second kappa shape index (κ2) is 5.66. The highest BCUT2D eigenvalue weighted by atomic mass is 79.9. The highest BCUT2D eigenvalue weighted by Crippen LogP contribution is 2.26. The van der Waals surface area contributed by atoms with Gasteiger partial charge < -0.3 is 10.5 Å². The molecule has 2 N–H and O–H groups in total. The number of nitrogen functional groups attached to an aromatic ring is 1. The van der Waals surface area contributed by atoms with Gasteiger partial charge >= 0.3 is 0 Å². The molecular weight excluding hydrogens is 314 g/mol. The lowest BCUT2D eigenvalue weighted by atomic mass is 10.2. The van der Waals surface area contributed by atoms with E-state index < -0.39 is 4.92 Å². The first-order chi connectivity index (χ1) is 9.04. The summed E-state index contributed by atoms with van der Waals surface area (Å²) in [6, 6.07) is 7.90. The van der Waals surface area contributed by atoms with E-state index in [-0.39, 0.29) is 12.3 Å². The van der Waals surface area contributed by atoms with E-state index in [2.05, 4.69) is 20.9 Å². The monoisotopic (exact) mass is 323 g/mol. The fourth-order valence-corrected chi connectivity index (χ4v) is 1.95. The van der Waals surface area contributed by atoms with Crippen LogP contribution in [0.3, 0.4) is 0 Å². The molecule has 0 aliphatic rings. The molecule has 2 rings (SSSR count). The van der Waals surface area contributed by atoms with Crippen molar-refractivity contribution in [2.75, 3.05) is 5.73 Å². The minimum atomic E-state index is -0.470. The van der Waals surface area contributed by atoms with Crippen LogP contribution in [0, 0.1) is 10.1 Å². The molecule has 0 atom stereocenters. The number of ether oxygens (including phenoxy) is 1. The van der Waals surface area contributed by atoms with Crippen LogP contribution in [0.2, 0.25) is 0 Å². The Morgan fingerprint density at radius 1 is 1.37 bits per heavy atom. The average Bonchev–Trinajstić information content (AvgIpc) is 2.36. The highest BCUT2D eigenvalue weighted by molar-refractivity contribution is 9.10. The molecule has 0 bridgehead atoms. The molecule has 0 saturated carbocycles. The quantitative estimate of drug-likeness (QED) is 0.690.